The molecule has 0 aliphatic carbocycles. The zero-order chi connectivity index (χ0) is 46.4. The fourth-order valence-electron chi connectivity index (χ4n) is 4.18. The van der Waals surface area contributed by atoms with Crippen molar-refractivity contribution in [2.24, 2.45) is 0 Å². The Morgan fingerprint density at radius 2 is 0.776 bits per heavy atom. The molecule has 0 saturated heterocycles. The molecule has 340 valence electrons. The summed E-state index contributed by atoms with van der Waals surface area (Å²) in [5.41, 5.74) is -1.85. The predicted octanol–water partition coefficient (Wildman–Crippen LogP) is 10.9. The molecule has 0 saturated carbocycles. The van der Waals surface area contributed by atoms with Gasteiger partial charge in [-0.2, -0.15) is 114 Å². The van der Waals surface area contributed by atoms with Crippen molar-refractivity contribution in [1.82, 2.24) is 0 Å². The first-order chi connectivity index (χ1) is 25.4. The summed E-state index contributed by atoms with van der Waals surface area (Å²) in [7, 11) is 0. The third-order valence-corrected chi connectivity index (χ3v) is 7.50. The van der Waals surface area contributed by atoms with E-state index in [4.69, 9.17) is 5.11 Å². The quantitative estimate of drug-likeness (QED) is 0.0575. The molecule has 0 aromatic heterocycles. The topological polar surface area (TPSA) is 81.8 Å². The molecular weight excluding hydrogens is 900 g/mol. The second kappa shape index (κ2) is 16.1. The molecule has 0 bridgehead atoms. The molecule has 0 radical (unpaired) electrons. The Kier molecular flexibility index (Phi) is 14.5. The molecule has 0 fully saturated rings. The molecular formula is C26H19F26NO5. The maximum Gasteiger partial charge on any atom is 0.460 e. The first-order valence-corrected chi connectivity index (χ1v) is 14.5. The highest BCUT2D eigenvalue weighted by Gasteiger charge is 2.92. The number of nitro benzene ring substituents is 1. The van der Waals surface area contributed by atoms with E-state index in [-0.39, 0.29) is 6.07 Å². The Morgan fingerprint density at radius 1 is 0.483 bits per heavy atom. The fourth-order valence-corrected chi connectivity index (χ4v) is 4.18. The molecule has 32 heteroatoms. The molecule has 0 heterocycles. The van der Waals surface area contributed by atoms with E-state index in [1.807, 2.05) is 0 Å². The molecule has 1 aromatic carbocycles. The number of aliphatic hydroxyl groups is 1. The van der Waals surface area contributed by atoms with Gasteiger partial charge in [-0.05, 0) is 18.9 Å². The van der Waals surface area contributed by atoms with Crippen molar-refractivity contribution >= 4 is 5.69 Å². The van der Waals surface area contributed by atoms with E-state index in [0.29, 0.717) is 6.07 Å². The first-order valence-electron chi connectivity index (χ1n) is 14.5. The van der Waals surface area contributed by atoms with Gasteiger partial charge in [0.1, 0.15) is 0 Å². The van der Waals surface area contributed by atoms with E-state index in [0.717, 1.165) is 0 Å². The van der Waals surface area contributed by atoms with Crippen LogP contribution in [0.5, 0.6) is 11.5 Å². The highest BCUT2D eigenvalue weighted by molar-refractivity contribution is 5.54. The zero-order valence-electron chi connectivity index (χ0n) is 27.2. The standard InChI is InChI=1S/C26H19F26NO5/c27-15(28,17(31,32)19(35,36)21(39,40)23(43,44)25(47,48)49)4-1-7-57-13-9-11(3-6-54)12(53(55)56)10-14(13)58-8-2-5-16(29,30)18(33,34)20(37,38)22(41,42)24(45,46)26(50,51)52/h9-10,54H,1-8H2. The highest BCUT2D eigenvalue weighted by atomic mass is 19.4. The third kappa shape index (κ3) is 8.79. The largest absolute Gasteiger partial charge is 0.490 e. The van der Waals surface area contributed by atoms with Gasteiger partial charge in [-0.25, -0.2) is 0 Å². The van der Waals surface area contributed by atoms with Crippen LogP contribution in [0.3, 0.4) is 0 Å². The van der Waals surface area contributed by atoms with E-state index in [9.17, 15) is 124 Å². The number of alkyl halides is 26. The van der Waals surface area contributed by atoms with Crippen molar-refractivity contribution in [2.75, 3.05) is 19.8 Å². The van der Waals surface area contributed by atoms with Crippen LogP contribution in [0, 0.1) is 10.1 Å². The van der Waals surface area contributed by atoms with Crippen LogP contribution >= 0.6 is 0 Å². The molecule has 0 aliphatic rings. The number of hydrogen-bond donors (Lipinski definition) is 1. The number of nitrogens with zero attached hydrogens (tertiary/aromatic N) is 1. The van der Waals surface area contributed by atoms with Crippen molar-refractivity contribution in [1.29, 1.82) is 0 Å². The predicted molar refractivity (Wildman–Crippen MR) is 135 cm³/mol. The van der Waals surface area contributed by atoms with Gasteiger partial charge >= 0.3 is 71.6 Å². The minimum atomic E-state index is -8.24. The first kappa shape index (κ1) is 52.4. The monoisotopic (exact) mass is 919 g/mol. The smallest absolute Gasteiger partial charge is 0.460 e. The van der Waals surface area contributed by atoms with E-state index in [2.05, 4.69) is 9.47 Å². The number of benzene rings is 1. The Balaban J connectivity index is 3.35. The van der Waals surface area contributed by atoms with Gasteiger partial charge in [0, 0.05) is 31.4 Å². The average molecular weight is 919 g/mol. The second-order valence-electron chi connectivity index (χ2n) is 11.6. The Hall–Kier alpha value is -3.64. The summed E-state index contributed by atoms with van der Waals surface area (Å²) in [6, 6.07) is 0.504. The van der Waals surface area contributed by atoms with E-state index >= 15 is 0 Å². The van der Waals surface area contributed by atoms with Crippen molar-refractivity contribution in [2.45, 2.75) is 104 Å². The lowest BCUT2D eigenvalue weighted by atomic mass is 9.92. The molecule has 6 nitrogen and oxygen atoms in total. The van der Waals surface area contributed by atoms with Gasteiger partial charge in [-0.3, -0.25) is 10.1 Å². The second-order valence-corrected chi connectivity index (χ2v) is 11.6. The lowest BCUT2D eigenvalue weighted by molar-refractivity contribution is -0.440. The number of ether oxygens (including phenoxy) is 2. The lowest BCUT2D eigenvalue weighted by Crippen LogP contribution is -2.70. The van der Waals surface area contributed by atoms with Gasteiger partial charge in [0.25, 0.3) is 5.69 Å². The van der Waals surface area contributed by atoms with Gasteiger partial charge < -0.3 is 14.6 Å². The summed E-state index contributed by atoms with van der Waals surface area (Å²) in [6.07, 6.45) is -25.6. The van der Waals surface area contributed by atoms with Crippen LogP contribution in [-0.2, 0) is 6.42 Å². The molecule has 0 amide bonds. The number of aliphatic hydroxyl groups excluding tert-OH is 1. The average Bonchev–Trinajstić information content (AvgIpc) is 3.03. The fraction of sp³-hybridized carbons (Fsp3) is 0.769. The normalized spacial score (nSPS) is 15.2. The van der Waals surface area contributed by atoms with E-state index in [1.165, 1.54) is 0 Å². The molecule has 1 N–H and O–H groups in total. The van der Waals surface area contributed by atoms with Gasteiger partial charge in [-0.15, -0.1) is 0 Å². The Labute approximate surface area is 303 Å². The molecule has 1 aromatic rings. The third-order valence-electron chi connectivity index (χ3n) is 7.50. The van der Waals surface area contributed by atoms with Gasteiger partial charge in [0.2, 0.25) is 0 Å². The Bertz CT molecular complexity index is 1590. The van der Waals surface area contributed by atoms with Crippen LogP contribution in [-0.4, -0.2) is 101 Å². The zero-order valence-corrected chi connectivity index (χ0v) is 27.2. The summed E-state index contributed by atoms with van der Waals surface area (Å²) < 4.78 is 355. The van der Waals surface area contributed by atoms with Crippen molar-refractivity contribution in [3.8, 4) is 11.5 Å². The van der Waals surface area contributed by atoms with Crippen LogP contribution in [0.25, 0.3) is 0 Å². The number of halogens is 26. The highest BCUT2D eigenvalue weighted by Crippen LogP contribution is 2.62. The summed E-state index contributed by atoms with van der Waals surface area (Å²) in [5, 5.41) is 20.5. The van der Waals surface area contributed by atoms with Crippen molar-refractivity contribution in [3.63, 3.8) is 0 Å². The van der Waals surface area contributed by atoms with Crippen molar-refractivity contribution in [3.05, 3.63) is 27.8 Å². The SMILES string of the molecule is O=[N+]([O-])c1cc(OCCCC(F)(F)C(F)(F)C(F)(F)C(F)(F)C(F)(F)C(F)(F)F)c(OCCCC(F)(F)C(F)(F)C(F)(F)C(F)(F)C(F)(F)C(F)(F)F)cc1CCO. The van der Waals surface area contributed by atoms with Gasteiger partial charge in [0.15, 0.2) is 11.5 Å². The number of rotatable bonds is 21. The van der Waals surface area contributed by atoms with Gasteiger partial charge in [0.05, 0.1) is 24.2 Å². The van der Waals surface area contributed by atoms with Crippen molar-refractivity contribution < 1.29 is 134 Å². The summed E-state index contributed by atoms with van der Waals surface area (Å²) in [5.74, 6) is -80.0. The molecule has 58 heavy (non-hydrogen) atoms. The minimum absolute atomic E-state index is 0.146. The van der Waals surface area contributed by atoms with Crippen LogP contribution in [0.2, 0.25) is 0 Å². The van der Waals surface area contributed by atoms with Crippen LogP contribution < -0.4 is 9.47 Å². The number of nitro groups is 1. The molecule has 0 atom stereocenters. The lowest BCUT2D eigenvalue weighted by Gasteiger charge is -2.39. The summed E-state index contributed by atoms with van der Waals surface area (Å²) >= 11 is 0. The number of hydrogen-bond acceptors (Lipinski definition) is 5. The molecule has 0 spiro atoms. The Morgan fingerprint density at radius 3 is 1.05 bits per heavy atom. The molecule has 0 unspecified atom stereocenters. The van der Waals surface area contributed by atoms with E-state index < -0.39 is 151 Å². The minimum Gasteiger partial charge on any atom is -0.490 e. The van der Waals surface area contributed by atoms with Gasteiger partial charge in [-0.1, -0.05) is 0 Å². The molecule has 0 aliphatic heterocycles. The summed E-state index contributed by atoms with van der Waals surface area (Å²) in [4.78, 5) is 10.0. The summed E-state index contributed by atoms with van der Waals surface area (Å²) in [6.45, 7) is -4.31. The van der Waals surface area contributed by atoms with Crippen LogP contribution in [0.15, 0.2) is 12.1 Å². The molecule has 1 rings (SSSR count). The van der Waals surface area contributed by atoms with Crippen LogP contribution in [0.1, 0.15) is 31.2 Å². The maximum absolute atomic E-state index is 14.1. The maximum atomic E-state index is 14.1. The van der Waals surface area contributed by atoms with Crippen LogP contribution in [0.4, 0.5) is 120 Å². The van der Waals surface area contributed by atoms with E-state index in [1.54, 1.807) is 0 Å².